The molecule has 0 fully saturated rings. The number of nitrogens with zero attached hydrogens (tertiary/aromatic N) is 1. The number of hydrogen-bond acceptors (Lipinski definition) is 8. The molecule has 0 heterocycles. The lowest BCUT2D eigenvalue weighted by Gasteiger charge is -2.26. The van der Waals surface area contributed by atoms with Crippen molar-refractivity contribution in [2.24, 2.45) is 0 Å². The Bertz CT molecular complexity index is 1550. The van der Waals surface area contributed by atoms with Crippen LogP contribution in [0.5, 0.6) is 0 Å². The first-order valence-corrected chi connectivity index (χ1v) is 32.2. The zero-order valence-electron chi connectivity index (χ0n) is 51.3. The lowest BCUT2D eigenvalue weighted by atomic mass is 10.0. The third-order valence-corrected chi connectivity index (χ3v) is 13.9. The first-order chi connectivity index (χ1) is 38.1. The molecule has 2 atom stereocenters. The van der Waals surface area contributed by atoms with Gasteiger partial charge in [-0.3, -0.25) is 9.59 Å². The molecule has 78 heavy (non-hydrogen) atoms. The first-order valence-electron chi connectivity index (χ1n) is 32.2. The average Bonchev–Trinajstić information content (AvgIpc) is 3.41. The quantitative estimate of drug-likeness (QED) is 0.0195. The number of quaternary nitrogens is 1. The predicted octanol–water partition coefficient (Wildman–Crippen LogP) is 18.2. The van der Waals surface area contributed by atoms with Crippen LogP contribution in [-0.2, 0) is 33.3 Å². The van der Waals surface area contributed by atoms with Gasteiger partial charge in [0.15, 0.2) is 12.4 Å². The molecule has 0 spiro atoms. The summed E-state index contributed by atoms with van der Waals surface area (Å²) >= 11 is 0. The highest BCUT2D eigenvalue weighted by Gasteiger charge is 2.22. The molecule has 0 aromatic carbocycles. The minimum atomic E-state index is -1.64. The van der Waals surface area contributed by atoms with E-state index in [1.807, 2.05) is 21.1 Å². The van der Waals surface area contributed by atoms with Crippen LogP contribution in [0.15, 0.2) is 85.1 Å². The Morgan fingerprint density at radius 1 is 0.397 bits per heavy atom. The fourth-order valence-electron chi connectivity index (χ4n) is 9.00. The van der Waals surface area contributed by atoms with E-state index in [1.165, 1.54) is 173 Å². The fourth-order valence-corrected chi connectivity index (χ4v) is 9.00. The maximum atomic E-state index is 12.9. The van der Waals surface area contributed by atoms with Crippen molar-refractivity contribution in [3.8, 4) is 0 Å². The highest BCUT2D eigenvalue weighted by Crippen LogP contribution is 2.17. The Hall–Kier alpha value is -3.53. The molecule has 0 aliphatic carbocycles. The summed E-state index contributed by atoms with van der Waals surface area (Å²) in [6, 6.07) is 0. The van der Waals surface area contributed by atoms with Gasteiger partial charge in [-0.15, -0.1) is 0 Å². The summed E-state index contributed by atoms with van der Waals surface area (Å²) in [6.45, 7) is 4.59. The van der Waals surface area contributed by atoms with Crippen molar-refractivity contribution in [2.45, 2.75) is 289 Å². The summed E-state index contributed by atoms with van der Waals surface area (Å²) in [5.41, 5.74) is 0. The highest BCUT2D eigenvalue weighted by molar-refractivity contribution is 5.70. The van der Waals surface area contributed by atoms with Crippen LogP contribution >= 0.6 is 0 Å². The van der Waals surface area contributed by atoms with Crippen LogP contribution in [0.3, 0.4) is 0 Å². The summed E-state index contributed by atoms with van der Waals surface area (Å²) in [5, 5.41) is 11.8. The Labute approximate surface area is 480 Å². The fraction of sp³-hybridized carbons (Fsp3) is 0.754. The third-order valence-electron chi connectivity index (χ3n) is 13.9. The predicted molar refractivity (Wildman–Crippen MR) is 329 cm³/mol. The molecule has 9 nitrogen and oxygen atoms in total. The van der Waals surface area contributed by atoms with Gasteiger partial charge in [0.25, 0.3) is 0 Å². The van der Waals surface area contributed by atoms with E-state index in [2.05, 4.69) is 98.9 Å². The zero-order chi connectivity index (χ0) is 56.9. The van der Waals surface area contributed by atoms with E-state index in [0.29, 0.717) is 23.9 Å². The number of rotatable bonds is 59. The van der Waals surface area contributed by atoms with Gasteiger partial charge < -0.3 is 33.3 Å². The second kappa shape index (κ2) is 59.6. The van der Waals surface area contributed by atoms with E-state index in [1.54, 1.807) is 0 Å². The summed E-state index contributed by atoms with van der Waals surface area (Å²) < 4.78 is 22.7. The molecule has 0 radical (unpaired) electrons. The van der Waals surface area contributed by atoms with Gasteiger partial charge in [-0.2, -0.15) is 0 Å². The van der Waals surface area contributed by atoms with Crippen LogP contribution in [0.2, 0.25) is 0 Å². The Morgan fingerprint density at radius 2 is 0.731 bits per heavy atom. The first kappa shape index (κ1) is 74.5. The molecule has 2 unspecified atom stereocenters. The number of aliphatic carboxylic acids is 1. The van der Waals surface area contributed by atoms with E-state index in [9.17, 15) is 19.5 Å². The molecule has 0 saturated heterocycles. The normalized spacial score (nSPS) is 13.3. The molecule has 0 rings (SSSR count). The van der Waals surface area contributed by atoms with Crippen molar-refractivity contribution >= 4 is 17.9 Å². The van der Waals surface area contributed by atoms with Crippen molar-refractivity contribution in [1.82, 2.24) is 0 Å². The number of carboxylic acids is 1. The lowest BCUT2D eigenvalue weighted by molar-refractivity contribution is -0.870. The highest BCUT2D eigenvalue weighted by atomic mass is 16.7. The van der Waals surface area contributed by atoms with Gasteiger partial charge >= 0.3 is 11.9 Å². The maximum absolute atomic E-state index is 12.9. The minimum absolute atomic E-state index is 0.134. The second-order valence-corrected chi connectivity index (χ2v) is 22.7. The Morgan fingerprint density at radius 3 is 1.08 bits per heavy atom. The van der Waals surface area contributed by atoms with Crippen molar-refractivity contribution < 1.29 is 42.9 Å². The monoisotopic (exact) mass is 1090 g/mol. The van der Waals surface area contributed by atoms with E-state index in [0.717, 1.165) is 64.2 Å². The molecular weight excluding hydrogens is 971 g/mol. The van der Waals surface area contributed by atoms with Gasteiger partial charge in [0.2, 0.25) is 0 Å². The molecule has 9 heteroatoms. The molecular formula is C69H121NO8. The van der Waals surface area contributed by atoms with Crippen molar-refractivity contribution in [2.75, 3.05) is 47.5 Å². The number of carboxylic acid groups (broad SMARTS) is 1. The summed E-state index contributed by atoms with van der Waals surface area (Å²) in [7, 11) is 5.90. The summed E-state index contributed by atoms with van der Waals surface area (Å²) in [5.74, 6) is -2.36. The summed E-state index contributed by atoms with van der Waals surface area (Å²) in [6.07, 6.45) is 76.7. The largest absolute Gasteiger partial charge is 0.545 e. The van der Waals surface area contributed by atoms with E-state index >= 15 is 0 Å². The minimum Gasteiger partial charge on any atom is -0.545 e. The maximum Gasteiger partial charge on any atom is 0.306 e. The smallest absolute Gasteiger partial charge is 0.306 e. The lowest BCUT2D eigenvalue weighted by Crippen LogP contribution is -2.44. The number of ether oxygens (including phenoxy) is 4. The SMILES string of the molecule is CC/C=C\C/C=C\C/C=C\C/C=C\C/C=C\C/C=C\C/C=C\CCCC(=O)OC(COC(=O)CCCCCCCCCCCCCCCCCCCCCCCCCCCCCCCC)COC(OCC[N+](C)(C)C)C(=O)[O-]. The number of allylic oxidation sites excluding steroid dienone is 14. The summed E-state index contributed by atoms with van der Waals surface area (Å²) in [4.78, 5) is 37.4. The standard InChI is InChI=1S/C69H121NO8/c1-6-8-10-12-14-16-18-20-22-24-26-28-30-31-32-33-34-35-36-38-39-41-43-45-47-49-51-53-55-57-59-66(71)76-63-65(64-77-69(68(73)74)75-62-61-70(3,4)5)78-67(72)60-58-56-54-52-50-48-46-44-42-40-37-29-27-25-23-21-19-17-15-13-11-9-7-2/h9,11,15,17,21,23,27,29,40,42,46,48,52,54,65,69H,6-8,10,12-14,16,18-20,22,24-26,28,30-39,41,43-45,47,49-51,53,55-64H2,1-5H3/b11-9-,17-15-,23-21-,29-27-,42-40-,48-46-,54-52-. The van der Waals surface area contributed by atoms with Gasteiger partial charge in [0.05, 0.1) is 40.3 Å². The molecule has 0 N–H and O–H groups in total. The number of likely N-dealkylation sites (N-methyl/N-ethyl adjacent to an activating group) is 1. The van der Waals surface area contributed by atoms with Gasteiger partial charge in [-0.1, -0.05) is 285 Å². The average molecular weight is 1090 g/mol. The number of carbonyl (C=O) groups is 3. The molecule has 0 saturated carbocycles. The Kier molecular flexibility index (Phi) is 56.9. The number of carbonyl (C=O) groups excluding carboxylic acids is 3. The molecule has 450 valence electrons. The van der Waals surface area contributed by atoms with Crippen molar-refractivity contribution in [3.05, 3.63) is 85.1 Å². The van der Waals surface area contributed by atoms with Crippen LogP contribution in [0, 0.1) is 0 Å². The molecule has 0 aliphatic rings. The third kappa shape index (κ3) is 60.1. The van der Waals surface area contributed by atoms with Crippen LogP contribution in [0.4, 0.5) is 0 Å². The zero-order valence-corrected chi connectivity index (χ0v) is 51.3. The van der Waals surface area contributed by atoms with Crippen LogP contribution < -0.4 is 5.11 Å². The topological polar surface area (TPSA) is 111 Å². The van der Waals surface area contributed by atoms with Gasteiger partial charge in [-0.25, -0.2) is 0 Å². The van der Waals surface area contributed by atoms with Crippen LogP contribution in [0.1, 0.15) is 277 Å². The van der Waals surface area contributed by atoms with Gasteiger partial charge in [-0.05, 0) is 64.2 Å². The second-order valence-electron chi connectivity index (χ2n) is 22.7. The molecule has 0 bridgehead atoms. The van der Waals surface area contributed by atoms with Crippen LogP contribution in [0.25, 0.3) is 0 Å². The van der Waals surface area contributed by atoms with Crippen LogP contribution in [-0.4, -0.2) is 82.3 Å². The van der Waals surface area contributed by atoms with Gasteiger partial charge in [0, 0.05) is 12.8 Å². The molecule has 0 aromatic heterocycles. The number of hydrogen-bond donors (Lipinski definition) is 0. The molecule has 0 aromatic rings. The van der Waals surface area contributed by atoms with Crippen molar-refractivity contribution in [3.63, 3.8) is 0 Å². The van der Waals surface area contributed by atoms with E-state index in [4.69, 9.17) is 18.9 Å². The van der Waals surface area contributed by atoms with E-state index in [-0.39, 0.29) is 38.6 Å². The van der Waals surface area contributed by atoms with Gasteiger partial charge in [0.1, 0.15) is 13.2 Å². The number of unbranched alkanes of at least 4 members (excludes halogenated alkanes) is 30. The number of esters is 2. The molecule has 0 amide bonds. The van der Waals surface area contributed by atoms with Crippen molar-refractivity contribution in [1.29, 1.82) is 0 Å². The van der Waals surface area contributed by atoms with E-state index < -0.39 is 24.3 Å². The molecule has 0 aliphatic heterocycles. The Balaban J connectivity index is 4.21.